The fraction of sp³-hybridized carbons (Fsp3) is 0.333. The van der Waals surface area contributed by atoms with Crippen molar-refractivity contribution in [3.63, 3.8) is 0 Å². The summed E-state index contributed by atoms with van der Waals surface area (Å²) in [5.41, 5.74) is 0. The van der Waals surface area contributed by atoms with Gasteiger partial charge in [-0.05, 0) is 24.4 Å². The summed E-state index contributed by atoms with van der Waals surface area (Å²) in [5, 5.41) is 11.1. The van der Waals surface area contributed by atoms with Crippen molar-refractivity contribution in [3.8, 4) is 0 Å². The minimum absolute atomic E-state index is 0.0891. The summed E-state index contributed by atoms with van der Waals surface area (Å²) in [7, 11) is 0. The van der Waals surface area contributed by atoms with E-state index in [9.17, 15) is 14.7 Å². The standard InChI is InChI=1S/C12H11NO3S3/c1-6-13(7(5-18-6)12(15)16)11(14)10-4-9-8(19-10)2-3-17-9/h2-4,6-7H,5H2,1H3,(H,15,16). The van der Waals surface area contributed by atoms with Gasteiger partial charge in [-0.25, -0.2) is 4.79 Å². The highest BCUT2D eigenvalue weighted by molar-refractivity contribution is 8.00. The maximum absolute atomic E-state index is 12.5. The molecule has 2 atom stereocenters. The van der Waals surface area contributed by atoms with Crippen LogP contribution in [0, 0.1) is 0 Å². The quantitative estimate of drug-likeness (QED) is 0.926. The molecule has 1 N–H and O–H groups in total. The van der Waals surface area contributed by atoms with Crippen molar-refractivity contribution in [1.82, 2.24) is 4.90 Å². The molecule has 0 aromatic carbocycles. The van der Waals surface area contributed by atoms with E-state index in [1.807, 2.05) is 24.4 Å². The summed E-state index contributed by atoms with van der Waals surface area (Å²) in [6.45, 7) is 1.88. The number of thiophene rings is 2. The van der Waals surface area contributed by atoms with Crippen molar-refractivity contribution in [2.45, 2.75) is 18.3 Å². The molecule has 2 aromatic rings. The second-order valence-corrected chi connectivity index (χ2v) is 7.64. The van der Waals surface area contributed by atoms with E-state index in [0.29, 0.717) is 10.6 Å². The van der Waals surface area contributed by atoms with Crippen LogP contribution >= 0.6 is 34.4 Å². The average Bonchev–Trinajstić information content (AvgIpc) is 3.00. The van der Waals surface area contributed by atoms with Crippen molar-refractivity contribution in [2.24, 2.45) is 0 Å². The predicted octanol–water partition coefficient (Wildman–Crippen LogP) is 2.95. The fourth-order valence-electron chi connectivity index (χ4n) is 2.14. The Kier molecular flexibility index (Phi) is 3.28. The van der Waals surface area contributed by atoms with Gasteiger partial charge in [0, 0.05) is 15.2 Å². The molecule has 2 unspecified atom stereocenters. The van der Waals surface area contributed by atoms with Crippen LogP contribution in [0.25, 0.3) is 9.40 Å². The minimum Gasteiger partial charge on any atom is -0.480 e. The van der Waals surface area contributed by atoms with Crippen LogP contribution < -0.4 is 0 Å². The average molecular weight is 313 g/mol. The van der Waals surface area contributed by atoms with E-state index < -0.39 is 12.0 Å². The van der Waals surface area contributed by atoms with E-state index in [1.54, 1.807) is 11.3 Å². The molecule has 1 aliphatic heterocycles. The summed E-state index contributed by atoms with van der Waals surface area (Å²) in [6.07, 6.45) is 0. The molecule has 7 heteroatoms. The number of carbonyl (C=O) groups is 2. The Balaban J connectivity index is 1.93. The van der Waals surface area contributed by atoms with Crippen molar-refractivity contribution in [1.29, 1.82) is 0 Å². The van der Waals surface area contributed by atoms with Gasteiger partial charge in [-0.1, -0.05) is 0 Å². The Hall–Kier alpha value is -1.05. The zero-order chi connectivity index (χ0) is 13.6. The lowest BCUT2D eigenvalue weighted by Crippen LogP contribution is -2.44. The molecule has 3 rings (SSSR count). The van der Waals surface area contributed by atoms with Gasteiger partial charge in [0.15, 0.2) is 0 Å². The number of hydrogen-bond acceptors (Lipinski definition) is 5. The van der Waals surface area contributed by atoms with E-state index in [1.165, 1.54) is 28.0 Å². The molecule has 1 fully saturated rings. The number of fused-ring (bicyclic) bond motifs is 1. The normalized spacial score (nSPS) is 23.1. The summed E-state index contributed by atoms with van der Waals surface area (Å²) >= 11 is 4.53. The third-order valence-electron chi connectivity index (χ3n) is 3.09. The van der Waals surface area contributed by atoms with Crippen LogP contribution in [0.4, 0.5) is 0 Å². The van der Waals surface area contributed by atoms with Crippen LogP contribution in [0.1, 0.15) is 16.6 Å². The van der Waals surface area contributed by atoms with E-state index in [2.05, 4.69) is 0 Å². The number of amides is 1. The van der Waals surface area contributed by atoms with E-state index >= 15 is 0 Å². The summed E-state index contributed by atoms with van der Waals surface area (Å²) in [6, 6.07) is 3.13. The molecule has 1 saturated heterocycles. The number of hydrogen-bond donors (Lipinski definition) is 1. The zero-order valence-electron chi connectivity index (χ0n) is 10.0. The molecule has 0 saturated carbocycles. The topological polar surface area (TPSA) is 57.6 Å². The SMILES string of the molecule is CC1SCC(C(=O)O)N1C(=O)c1cc2sccc2s1. The van der Waals surface area contributed by atoms with Gasteiger partial charge < -0.3 is 10.0 Å². The predicted molar refractivity (Wildman–Crippen MR) is 79.2 cm³/mol. The number of carboxylic acid groups (broad SMARTS) is 1. The first-order valence-corrected chi connectivity index (χ1v) is 8.46. The molecule has 0 aliphatic carbocycles. The van der Waals surface area contributed by atoms with Crippen molar-refractivity contribution in [3.05, 3.63) is 22.4 Å². The number of nitrogens with zero attached hydrogens (tertiary/aromatic N) is 1. The molecule has 1 amide bonds. The van der Waals surface area contributed by atoms with Gasteiger partial charge in [0.2, 0.25) is 0 Å². The smallest absolute Gasteiger partial charge is 0.327 e. The summed E-state index contributed by atoms with van der Waals surface area (Å²) in [4.78, 5) is 25.8. The van der Waals surface area contributed by atoms with Gasteiger partial charge in [0.25, 0.3) is 5.91 Å². The van der Waals surface area contributed by atoms with Crippen LogP contribution in [-0.2, 0) is 4.79 Å². The van der Waals surface area contributed by atoms with E-state index in [4.69, 9.17) is 0 Å². The third-order valence-corrected chi connectivity index (χ3v) is 6.39. The Morgan fingerprint density at radius 1 is 1.42 bits per heavy atom. The van der Waals surface area contributed by atoms with Crippen molar-refractivity contribution >= 4 is 55.7 Å². The maximum Gasteiger partial charge on any atom is 0.327 e. The molecule has 100 valence electrons. The molecule has 0 bridgehead atoms. The molecule has 0 radical (unpaired) electrons. The second kappa shape index (κ2) is 4.81. The monoisotopic (exact) mass is 313 g/mol. The highest BCUT2D eigenvalue weighted by atomic mass is 32.2. The lowest BCUT2D eigenvalue weighted by molar-refractivity contribution is -0.141. The Bertz CT molecular complexity index is 619. The first-order valence-electron chi connectivity index (χ1n) is 5.72. The van der Waals surface area contributed by atoms with Gasteiger partial charge >= 0.3 is 5.97 Å². The first kappa shape index (κ1) is 13.0. The Labute approximate surface area is 122 Å². The van der Waals surface area contributed by atoms with Crippen LogP contribution in [0.15, 0.2) is 17.5 Å². The first-order chi connectivity index (χ1) is 9.08. The van der Waals surface area contributed by atoms with Crippen LogP contribution in [0.2, 0.25) is 0 Å². The fourth-order valence-corrected chi connectivity index (χ4v) is 5.36. The lowest BCUT2D eigenvalue weighted by Gasteiger charge is -2.24. The largest absolute Gasteiger partial charge is 0.480 e. The van der Waals surface area contributed by atoms with Crippen LogP contribution in [0.3, 0.4) is 0 Å². The van der Waals surface area contributed by atoms with Gasteiger partial charge in [-0.3, -0.25) is 4.79 Å². The maximum atomic E-state index is 12.5. The highest BCUT2D eigenvalue weighted by Gasteiger charge is 2.40. The van der Waals surface area contributed by atoms with Gasteiger partial charge in [-0.15, -0.1) is 34.4 Å². The molecular formula is C12H11NO3S3. The minimum atomic E-state index is -0.927. The molecule has 3 heterocycles. The second-order valence-electron chi connectivity index (χ2n) is 4.26. The van der Waals surface area contributed by atoms with E-state index in [0.717, 1.165) is 9.40 Å². The summed E-state index contributed by atoms with van der Waals surface area (Å²) in [5.74, 6) is -0.635. The number of carbonyl (C=O) groups excluding carboxylic acids is 1. The molecule has 0 spiro atoms. The number of carboxylic acids is 1. The molecule has 4 nitrogen and oxygen atoms in total. The molecule has 19 heavy (non-hydrogen) atoms. The zero-order valence-corrected chi connectivity index (χ0v) is 12.5. The van der Waals surface area contributed by atoms with Gasteiger partial charge in [-0.2, -0.15) is 0 Å². The van der Waals surface area contributed by atoms with Crippen molar-refractivity contribution < 1.29 is 14.7 Å². The van der Waals surface area contributed by atoms with E-state index in [-0.39, 0.29) is 11.3 Å². The van der Waals surface area contributed by atoms with Crippen LogP contribution in [-0.4, -0.2) is 39.1 Å². The van der Waals surface area contributed by atoms with Gasteiger partial charge in [0.1, 0.15) is 6.04 Å². The number of aliphatic carboxylic acids is 1. The third kappa shape index (κ3) is 2.15. The molecule has 2 aromatic heterocycles. The summed E-state index contributed by atoms with van der Waals surface area (Å²) < 4.78 is 2.17. The molecular weight excluding hydrogens is 302 g/mol. The van der Waals surface area contributed by atoms with Gasteiger partial charge in [0.05, 0.1) is 10.3 Å². The number of thioether (sulfide) groups is 1. The highest BCUT2D eigenvalue weighted by Crippen LogP contribution is 2.35. The Morgan fingerprint density at radius 2 is 2.21 bits per heavy atom. The van der Waals surface area contributed by atoms with Crippen LogP contribution in [0.5, 0.6) is 0 Å². The Morgan fingerprint density at radius 3 is 2.89 bits per heavy atom. The van der Waals surface area contributed by atoms with Crippen molar-refractivity contribution in [2.75, 3.05) is 5.75 Å². The number of rotatable bonds is 2. The lowest BCUT2D eigenvalue weighted by atomic mass is 10.2. The molecule has 1 aliphatic rings.